The number of fused-ring (bicyclic) bond motifs is 1. The number of carbonyl (C=O) groups excluding carboxylic acids is 1. The summed E-state index contributed by atoms with van der Waals surface area (Å²) in [5, 5.41) is 11.7. The standard InChI is InChI=1S/C27H23F3N4O4S/c28-27(29,30)24-21(6-3-15-32-24)26(36)12-16-34(17-13-26)25(35)19-8-10-20(11-9-19)33-39(37,38)22-7-1-4-18-5-2-14-31-23(18)22/h1-11,14-15,33,36H,12-13,16-17H2. The Labute approximate surface area is 222 Å². The van der Waals surface area contributed by atoms with Gasteiger partial charge in [-0.05, 0) is 55.3 Å². The molecular formula is C27H23F3N4O4S. The number of amides is 1. The molecule has 1 amide bonds. The molecule has 2 aromatic carbocycles. The molecule has 8 nitrogen and oxygen atoms in total. The molecule has 39 heavy (non-hydrogen) atoms. The quantitative estimate of drug-likeness (QED) is 0.372. The minimum Gasteiger partial charge on any atom is -0.385 e. The molecule has 1 saturated heterocycles. The van der Waals surface area contributed by atoms with Gasteiger partial charge < -0.3 is 10.0 Å². The number of aliphatic hydroxyl groups is 1. The molecule has 4 aromatic rings. The van der Waals surface area contributed by atoms with Gasteiger partial charge in [-0.15, -0.1) is 0 Å². The van der Waals surface area contributed by atoms with E-state index in [1.54, 1.807) is 24.3 Å². The summed E-state index contributed by atoms with van der Waals surface area (Å²) in [5.74, 6) is -0.382. The molecule has 2 N–H and O–H groups in total. The van der Waals surface area contributed by atoms with E-state index in [2.05, 4.69) is 14.7 Å². The Morgan fingerprint density at radius 3 is 2.26 bits per heavy atom. The first-order valence-electron chi connectivity index (χ1n) is 12.0. The number of piperidine rings is 1. The first-order valence-corrected chi connectivity index (χ1v) is 13.5. The van der Waals surface area contributed by atoms with Gasteiger partial charge in [0.2, 0.25) is 0 Å². The number of hydrogen-bond acceptors (Lipinski definition) is 6. The number of rotatable bonds is 5. The summed E-state index contributed by atoms with van der Waals surface area (Å²) < 4.78 is 68.8. The number of halogens is 3. The molecule has 3 heterocycles. The van der Waals surface area contributed by atoms with E-state index >= 15 is 0 Å². The van der Waals surface area contributed by atoms with Crippen molar-refractivity contribution >= 4 is 32.5 Å². The van der Waals surface area contributed by atoms with Crippen molar-refractivity contribution in [3.8, 4) is 0 Å². The van der Waals surface area contributed by atoms with E-state index < -0.39 is 27.5 Å². The highest BCUT2D eigenvalue weighted by molar-refractivity contribution is 7.93. The third-order valence-electron chi connectivity index (χ3n) is 6.72. The molecule has 1 fully saturated rings. The number of nitrogens with zero attached hydrogens (tertiary/aromatic N) is 3. The Balaban J connectivity index is 1.28. The predicted molar refractivity (Wildman–Crippen MR) is 137 cm³/mol. The largest absolute Gasteiger partial charge is 0.433 e. The van der Waals surface area contributed by atoms with Crippen LogP contribution in [0, 0.1) is 0 Å². The van der Waals surface area contributed by atoms with Gasteiger partial charge in [-0.3, -0.25) is 19.5 Å². The molecule has 0 spiro atoms. The summed E-state index contributed by atoms with van der Waals surface area (Å²) in [6.45, 7) is 0.0635. The minimum absolute atomic E-state index is 0.0175. The molecule has 0 saturated carbocycles. The van der Waals surface area contributed by atoms with Gasteiger partial charge >= 0.3 is 6.18 Å². The number of alkyl halides is 3. The van der Waals surface area contributed by atoms with Gasteiger partial charge in [0.1, 0.15) is 10.6 Å². The fourth-order valence-electron chi connectivity index (χ4n) is 4.72. The first kappa shape index (κ1) is 26.6. The summed E-state index contributed by atoms with van der Waals surface area (Å²) >= 11 is 0. The molecule has 2 aromatic heterocycles. The molecule has 0 atom stereocenters. The van der Waals surface area contributed by atoms with Crippen LogP contribution in [0.1, 0.15) is 34.5 Å². The van der Waals surface area contributed by atoms with E-state index in [1.807, 2.05) is 0 Å². The zero-order chi connectivity index (χ0) is 27.8. The lowest BCUT2D eigenvalue weighted by Crippen LogP contribution is -2.46. The Kier molecular flexibility index (Phi) is 6.77. The average Bonchev–Trinajstić information content (AvgIpc) is 2.92. The van der Waals surface area contributed by atoms with Crippen molar-refractivity contribution in [2.24, 2.45) is 0 Å². The normalized spacial score (nSPS) is 15.7. The second kappa shape index (κ2) is 9.93. The lowest BCUT2D eigenvalue weighted by molar-refractivity contribution is -0.145. The number of likely N-dealkylation sites (tertiary alicyclic amines) is 1. The molecule has 1 aliphatic rings. The monoisotopic (exact) mass is 556 g/mol. The van der Waals surface area contributed by atoms with Crippen molar-refractivity contribution in [2.75, 3.05) is 17.8 Å². The molecule has 202 valence electrons. The smallest absolute Gasteiger partial charge is 0.385 e. The maximum absolute atomic E-state index is 13.4. The maximum Gasteiger partial charge on any atom is 0.433 e. The van der Waals surface area contributed by atoms with Crippen LogP contribution in [0.3, 0.4) is 0 Å². The van der Waals surface area contributed by atoms with Crippen molar-refractivity contribution < 1.29 is 31.5 Å². The van der Waals surface area contributed by atoms with E-state index in [-0.39, 0.29) is 53.5 Å². The molecule has 0 unspecified atom stereocenters. The number of hydrogen-bond donors (Lipinski definition) is 2. The van der Waals surface area contributed by atoms with Gasteiger partial charge in [0.15, 0.2) is 0 Å². The van der Waals surface area contributed by atoms with Gasteiger partial charge in [0.25, 0.3) is 15.9 Å². The number of benzene rings is 2. The highest BCUT2D eigenvalue weighted by Gasteiger charge is 2.44. The van der Waals surface area contributed by atoms with E-state index in [1.165, 1.54) is 53.6 Å². The second-order valence-corrected chi connectivity index (χ2v) is 10.9. The van der Waals surface area contributed by atoms with Crippen LogP contribution in [0.5, 0.6) is 0 Å². The predicted octanol–water partition coefficient (Wildman–Crippen LogP) is 4.57. The summed E-state index contributed by atoms with van der Waals surface area (Å²) in [6.07, 6.45) is -2.37. The maximum atomic E-state index is 13.4. The Morgan fingerprint density at radius 2 is 1.56 bits per heavy atom. The SMILES string of the molecule is O=C(c1ccc(NS(=O)(=O)c2cccc3cccnc23)cc1)N1CCC(O)(c2cccnc2C(F)(F)F)CC1. The van der Waals surface area contributed by atoms with Crippen molar-refractivity contribution in [1.29, 1.82) is 0 Å². The van der Waals surface area contributed by atoms with Crippen molar-refractivity contribution in [1.82, 2.24) is 14.9 Å². The zero-order valence-electron chi connectivity index (χ0n) is 20.4. The zero-order valence-corrected chi connectivity index (χ0v) is 21.2. The van der Waals surface area contributed by atoms with E-state index in [0.717, 1.165) is 6.20 Å². The molecule has 0 aliphatic carbocycles. The molecule has 5 rings (SSSR count). The van der Waals surface area contributed by atoms with Gasteiger partial charge in [-0.2, -0.15) is 13.2 Å². The summed E-state index contributed by atoms with van der Waals surface area (Å²) in [7, 11) is -3.97. The van der Waals surface area contributed by atoms with Crippen molar-refractivity contribution in [3.63, 3.8) is 0 Å². The van der Waals surface area contributed by atoms with Crippen LogP contribution in [-0.4, -0.2) is 47.4 Å². The number of pyridine rings is 2. The fourth-order valence-corrected chi connectivity index (χ4v) is 5.96. The Bertz CT molecular complexity index is 1630. The molecule has 1 aliphatic heterocycles. The van der Waals surface area contributed by atoms with Gasteiger partial charge in [-0.1, -0.05) is 24.3 Å². The third-order valence-corrected chi connectivity index (χ3v) is 8.14. The molecule has 0 bridgehead atoms. The van der Waals surface area contributed by atoms with Gasteiger partial charge in [-0.25, -0.2) is 8.42 Å². The van der Waals surface area contributed by atoms with Crippen LogP contribution in [0.2, 0.25) is 0 Å². The highest BCUT2D eigenvalue weighted by Crippen LogP contribution is 2.40. The van der Waals surface area contributed by atoms with Gasteiger partial charge in [0.05, 0.1) is 11.1 Å². The van der Waals surface area contributed by atoms with E-state index in [9.17, 15) is 31.5 Å². The first-order chi connectivity index (χ1) is 18.5. The number of anilines is 1. The number of aromatic nitrogens is 2. The highest BCUT2D eigenvalue weighted by atomic mass is 32.2. The Morgan fingerprint density at radius 1 is 0.923 bits per heavy atom. The third kappa shape index (κ3) is 5.30. The molecular weight excluding hydrogens is 533 g/mol. The van der Waals surface area contributed by atoms with Crippen LogP contribution < -0.4 is 4.72 Å². The van der Waals surface area contributed by atoms with E-state index in [0.29, 0.717) is 10.9 Å². The summed E-state index contributed by atoms with van der Waals surface area (Å²) in [6, 6.07) is 16.7. The number of para-hydroxylation sites is 1. The molecule has 0 radical (unpaired) electrons. The van der Waals surface area contributed by atoms with Crippen molar-refractivity contribution in [2.45, 2.75) is 29.5 Å². The number of sulfonamides is 1. The van der Waals surface area contributed by atoms with Crippen LogP contribution >= 0.6 is 0 Å². The fraction of sp³-hybridized carbons (Fsp3) is 0.222. The number of carbonyl (C=O) groups is 1. The Hall–Kier alpha value is -4.03. The van der Waals surface area contributed by atoms with Gasteiger partial charge in [0, 0.05) is 47.7 Å². The second-order valence-electron chi connectivity index (χ2n) is 9.24. The number of nitrogens with one attached hydrogen (secondary N) is 1. The van der Waals surface area contributed by atoms with Crippen LogP contribution in [0.4, 0.5) is 18.9 Å². The average molecular weight is 557 g/mol. The van der Waals surface area contributed by atoms with Crippen LogP contribution in [0.25, 0.3) is 10.9 Å². The lowest BCUT2D eigenvalue weighted by atomic mass is 9.83. The van der Waals surface area contributed by atoms with Crippen LogP contribution in [-0.2, 0) is 21.8 Å². The summed E-state index contributed by atoms with van der Waals surface area (Å²) in [4.78, 5) is 22.1. The van der Waals surface area contributed by atoms with E-state index in [4.69, 9.17) is 0 Å². The minimum atomic E-state index is -4.72. The molecule has 12 heteroatoms. The summed E-state index contributed by atoms with van der Waals surface area (Å²) in [5.41, 5.74) is -2.37. The van der Waals surface area contributed by atoms with Crippen LogP contribution in [0.15, 0.2) is 84.0 Å². The topological polar surface area (TPSA) is 112 Å². The lowest BCUT2D eigenvalue weighted by Gasteiger charge is -2.39. The van der Waals surface area contributed by atoms with Crippen molar-refractivity contribution in [3.05, 3.63) is 95.9 Å².